The Hall–Kier alpha value is -0.750. The van der Waals surface area contributed by atoms with E-state index in [1.807, 2.05) is 6.07 Å². The fraction of sp³-hybridized carbons (Fsp3) is 0.909. The predicted octanol–water partition coefficient (Wildman–Crippen LogP) is -1.65. The van der Waals surface area contributed by atoms with Crippen molar-refractivity contribution in [2.45, 2.75) is 44.1 Å². The summed E-state index contributed by atoms with van der Waals surface area (Å²) in [5, 5.41) is 46.2. The summed E-state index contributed by atoms with van der Waals surface area (Å²) in [6, 6.07) is 1.99. The molecule has 1 fully saturated rings. The summed E-state index contributed by atoms with van der Waals surface area (Å²) in [7, 11) is 0. The lowest BCUT2D eigenvalue weighted by Crippen LogP contribution is -2.59. The van der Waals surface area contributed by atoms with Crippen LogP contribution in [-0.4, -0.2) is 64.3 Å². The molecule has 0 aliphatic carbocycles. The van der Waals surface area contributed by atoms with Crippen LogP contribution in [0.5, 0.6) is 0 Å². The van der Waals surface area contributed by atoms with Crippen LogP contribution >= 0.6 is 0 Å². The van der Waals surface area contributed by atoms with Crippen molar-refractivity contribution in [3.05, 3.63) is 0 Å². The van der Waals surface area contributed by atoms with Gasteiger partial charge in [0.15, 0.2) is 6.29 Å². The van der Waals surface area contributed by atoms with E-state index in [9.17, 15) is 15.3 Å². The van der Waals surface area contributed by atoms with Gasteiger partial charge in [0, 0.05) is 6.42 Å². The van der Waals surface area contributed by atoms with E-state index in [0.717, 1.165) is 0 Å². The number of hydrogen-bond acceptors (Lipinski definition) is 7. The highest BCUT2D eigenvalue weighted by molar-refractivity contribution is 4.89. The van der Waals surface area contributed by atoms with Gasteiger partial charge in [-0.3, -0.25) is 0 Å². The molecule has 1 heterocycles. The first-order valence-electron chi connectivity index (χ1n) is 5.80. The van der Waals surface area contributed by atoms with Gasteiger partial charge in [-0.2, -0.15) is 5.26 Å². The average molecular weight is 261 g/mol. The molecule has 104 valence electrons. The van der Waals surface area contributed by atoms with Crippen LogP contribution in [0.15, 0.2) is 0 Å². The lowest BCUT2D eigenvalue weighted by molar-refractivity contribution is -0.302. The number of nitriles is 1. The predicted molar refractivity (Wildman–Crippen MR) is 59.1 cm³/mol. The molecule has 6 atom stereocenters. The highest BCUT2D eigenvalue weighted by Gasteiger charge is 2.44. The van der Waals surface area contributed by atoms with Crippen LogP contribution in [0.3, 0.4) is 0 Å². The summed E-state index contributed by atoms with van der Waals surface area (Å²) in [4.78, 5) is 0. The highest BCUT2D eigenvalue weighted by Crippen LogP contribution is 2.22. The maximum absolute atomic E-state index is 9.66. The van der Waals surface area contributed by atoms with Gasteiger partial charge in [-0.25, -0.2) is 0 Å². The monoisotopic (exact) mass is 261 g/mol. The van der Waals surface area contributed by atoms with Gasteiger partial charge in [-0.1, -0.05) is 6.92 Å². The van der Waals surface area contributed by atoms with Crippen molar-refractivity contribution in [1.82, 2.24) is 0 Å². The maximum Gasteiger partial charge on any atom is 0.186 e. The lowest BCUT2D eigenvalue weighted by atomic mass is 9.99. The van der Waals surface area contributed by atoms with Crippen LogP contribution in [0.25, 0.3) is 0 Å². The molecule has 0 spiro atoms. The molecule has 1 aliphatic heterocycles. The molecule has 1 saturated heterocycles. The van der Waals surface area contributed by atoms with Gasteiger partial charge in [0.05, 0.1) is 19.3 Å². The SMILES string of the molecule is CC(CC#N)COC1OC(CO)C(O)C(O)C1O. The molecule has 7 nitrogen and oxygen atoms in total. The van der Waals surface area contributed by atoms with Crippen LogP contribution in [-0.2, 0) is 9.47 Å². The Morgan fingerprint density at radius 3 is 2.50 bits per heavy atom. The molecule has 18 heavy (non-hydrogen) atoms. The molecule has 1 rings (SSSR count). The quantitative estimate of drug-likeness (QED) is 0.467. The summed E-state index contributed by atoms with van der Waals surface area (Å²) in [6.45, 7) is 1.49. The van der Waals surface area contributed by atoms with Crippen LogP contribution < -0.4 is 0 Å². The zero-order valence-electron chi connectivity index (χ0n) is 10.1. The molecule has 0 aromatic heterocycles. The Bertz CT molecular complexity index is 292. The van der Waals surface area contributed by atoms with Gasteiger partial charge in [-0.05, 0) is 5.92 Å². The second kappa shape index (κ2) is 6.99. The van der Waals surface area contributed by atoms with E-state index in [0.29, 0.717) is 6.42 Å². The molecule has 6 unspecified atom stereocenters. The van der Waals surface area contributed by atoms with E-state index in [4.69, 9.17) is 19.8 Å². The third kappa shape index (κ3) is 3.62. The first-order chi connectivity index (χ1) is 8.51. The summed E-state index contributed by atoms with van der Waals surface area (Å²) >= 11 is 0. The Labute approximate surface area is 105 Å². The Kier molecular flexibility index (Phi) is 5.95. The molecule has 7 heteroatoms. The Balaban J connectivity index is 2.52. The van der Waals surface area contributed by atoms with Crippen molar-refractivity contribution in [1.29, 1.82) is 5.26 Å². The van der Waals surface area contributed by atoms with Crippen LogP contribution in [0, 0.1) is 17.2 Å². The summed E-state index contributed by atoms with van der Waals surface area (Å²) in [5.41, 5.74) is 0. The van der Waals surface area contributed by atoms with E-state index >= 15 is 0 Å². The van der Waals surface area contributed by atoms with Crippen molar-refractivity contribution >= 4 is 0 Å². The summed E-state index contributed by atoms with van der Waals surface area (Å²) in [6.07, 6.45) is -6.01. The van der Waals surface area contributed by atoms with Crippen molar-refractivity contribution in [2.75, 3.05) is 13.2 Å². The van der Waals surface area contributed by atoms with Gasteiger partial charge < -0.3 is 29.9 Å². The topological polar surface area (TPSA) is 123 Å². The molecule has 0 bridgehead atoms. The fourth-order valence-corrected chi connectivity index (χ4v) is 1.68. The first kappa shape index (κ1) is 15.3. The number of nitrogens with zero attached hydrogens (tertiary/aromatic N) is 1. The van der Waals surface area contributed by atoms with Crippen LogP contribution in [0.2, 0.25) is 0 Å². The zero-order valence-corrected chi connectivity index (χ0v) is 10.1. The van der Waals surface area contributed by atoms with Gasteiger partial charge in [-0.15, -0.1) is 0 Å². The third-order valence-electron chi connectivity index (χ3n) is 2.83. The number of rotatable bonds is 5. The van der Waals surface area contributed by atoms with Crippen LogP contribution in [0.1, 0.15) is 13.3 Å². The average Bonchev–Trinajstić information content (AvgIpc) is 2.35. The molecule has 4 N–H and O–H groups in total. The van der Waals surface area contributed by atoms with Gasteiger partial charge >= 0.3 is 0 Å². The van der Waals surface area contributed by atoms with Gasteiger partial charge in [0.25, 0.3) is 0 Å². The van der Waals surface area contributed by atoms with Gasteiger partial charge in [0.1, 0.15) is 24.4 Å². The molecule has 0 saturated carbocycles. The standard InChI is InChI=1S/C11H19NO6/c1-6(2-3-12)5-17-11-10(16)9(15)8(14)7(4-13)18-11/h6-11,13-16H,2,4-5H2,1H3. The molecule has 0 aromatic rings. The summed E-state index contributed by atoms with van der Waals surface area (Å²) in [5.74, 6) is -0.0395. The molecular formula is C11H19NO6. The van der Waals surface area contributed by atoms with Crippen molar-refractivity contribution in [3.8, 4) is 6.07 Å². The number of ether oxygens (including phenoxy) is 2. The number of aliphatic hydroxyl groups is 4. The molecular weight excluding hydrogens is 242 g/mol. The van der Waals surface area contributed by atoms with Crippen LogP contribution in [0.4, 0.5) is 0 Å². The van der Waals surface area contributed by atoms with E-state index in [1.165, 1.54) is 0 Å². The molecule has 1 aliphatic rings. The Morgan fingerprint density at radius 2 is 1.94 bits per heavy atom. The van der Waals surface area contributed by atoms with E-state index < -0.39 is 37.3 Å². The van der Waals surface area contributed by atoms with Crippen molar-refractivity contribution in [3.63, 3.8) is 0 Å². The minimum Gasteiger partial charge on any atom is -0.394 e. The Morgan fingerprint density at radius 1 is 1.28 bits per heavy atom. The van der Waals surface area contributed by atoms with Crippen molar-refractivity contribution in [2.24, 2.45) is 5.92 Å². The van der Waals surface area contributed by atoms with E-state index in [2.05, 4.69) is 0 Å². The molecule has 0 radical (unpaired) electrons. The van der Waals surface area contributed by atoms with Crippen molar-refractivity contribution < 1.29 is 29.9 Å². The zero-order chi connectivity index (χ0) is 13.7. The minimum atomic E-state index is -1.44. The third-order valence-corrected chi connectivity index (χ3v) is 2.83. The smallest absolute Gasteiger partial charge is 0.186 e. The normalized spacial score (nSPS) is 38.1. The van der Waals surface area contributed by atoms with Gasteiger partial charge in [0.2, 0.25) is 0 Å². The molecule has 0 aromatic carbocycles. The minimum absolute atomic E-state index is 0.0395. The summed E-state index contributed by atoms with van der Waals surface area (Å²) < 4.78 is 10.4. The second-order valence-corrected chi connectivity index (χ2v) is 4.50. The fourth-order valence-electron chi connectivity index (χ4n) is 1.68. The largest absolute Gasteiger partial charge is 0.394 e. The van der Waals surface area contributed by atoms with E-state index in [-0.39, 0.29) is 12.5 Å². The highest BCUT2D eigenvalue weighted by atomic mass is 16.7. The number of hydrogen-bond donors (Lipinski definition) is 4. The second-order valence-electron chi connectivity index (χ2n) is 4.50. The first-order valence-corrected chi connectivity index (χ1v) is 5.80. The number of aliphatic hydroxyl groups excluding tert-OH is 4. The molecule has 0 amide bonds. The van der Waals surface area contributed by atoms with E-state index in [1.54, 1.807) is 6.92 Å². The lowest BCUT2D eigenvalue weighted by Gasteiger charge is -2.39. The maximum atomic E-state index is 9.66.